The van der Waals surface area contributed by atoms with E-state index in [1.165, 1.54) is 6.92 Å². The first kappa shape index (κ1) is 23.1. The van der Waals surface area contributed by atoms with E-state index in [2.05, 4.69) is 0 Å². The minimum absolute atomic E-state index is 0.0370. The van der Waals surface area contributed by atoms with Gasteiger partial charge in [-0.25, -0.2) is 0 Å². The van der Waals surface area contributed by atoms with Crippen LogP contribution in [0.2, 0.25) is 0 Å². The van der Waals surface area contributed by atoms with E-state index in [1.54, 1.807) is 0 Å². The second-order valence-corrected chi connectivity index (χ2v) is 6.01. The molecule has 5 atom stereocenters. The van der Waals surface area contributed by atoms with Gasteiger partial charge in [0.2, 0.25) is 0 Å². The zero-order chi connectivity index (χ0) is 20.6. The summed E-state index contributed by atoms with van der Waals surface area (Å²) in [4.78, 5) is 45.8. The van der Waals surface area contributed by atoms with Gasteiger partial charge in [0.05, 0.1) is 6.61 Å². The van der Waals surface area contributed by atoms with Crippen LogP contribution in [0.15, 0.2) is 0 Å². The summed E-state index contributed by atoms with van der Waals surface area (Å²) in [6.07, 6.45) is -5.90. The third-order valence-corrected chi connectivity index (χ3v) is 3.46. The Balaban J connectivity index is 3.22. The number of hydrogen-bond donors (Lipinski definition) is 0. The van der Waals surface area contributed by atoms with Crippen molar-refractivity contribution in [2.24, 2.45) is 0 Å². The lowest BCUT2D eigenvalue weighted by Gasteiger charge is -2.44. The van der Waals surface area contributed by atoms with Crippen LogP contribution < -0.4 is 0 Å². The topological polar surface area (TPSA) is 124 Å². The minimum atomic E-state index is -1.25. The predicted octanol–water partition coefficient (Wildman–Crippen LogP) is 0.325. The molecule has 0 radical (unpaired) electrons. The summed E-state index contributed by atoms with van der Waals surface area (Å²) in [5.74, 6) is -2.58. The van der Waals surface area contributed by atoms with Gasteiger partial charge >= 0.3 is 23.9 Å². The van der Waals surface area contributed by atoms with Gasteiger partial charge in [-0.3, -0.25) is 19.2 Å². The van der Waals surface area contributed by atoms with Crippen LogP contribution in [-0.4, -0.2) is 73.7 Å². The molecular formula is C16H23ClO10. The Bertz CT molecular complexity index is 551. The van der Waals surface area contributed by atoms with Crippen LogP contribution in [0.3, 0.4) is 0 Å². The van der Waals surface area contributed by atoms with Crippen molar-refractivity contribution in [3.05, 3.63) is 0 Å². The minimum Gasteiger partial charge on any atom is -0.463 e. The van der Waals surface area contributed by atoms with Crippen molar-refractivity contribution >= 4 is 35.5 Å². The maximum atomic E-state index is 11.6. The molecule has 0 saturated carbocycles. The molecule has 1 aliphatic heterocycles. The lowest BCUT2D eigenvalue weighted by Crippen LogP contribution is -2.63. The average Bonchev–Trinajstić information content (AvgIpc) is 2.54. The van der Waals surface area contributed by atoms with E-state index in [4.69, 9.17) is 40.0 Å². The van der Waals surface area contributed by atoms with Crippen molar-refractivity contribution in [3.8, 4) is 0 Å². The molecule has 1 heterocycles. The highest BCUT2D eigenvalue weighted by Gasteiger charge is 2.52. The molecule has 0 aromatic carbocycles. The molecule has 1 fully saturated rings. The molecule has 154 valence electrons. The fraction of sp³-hybridized carbons (Fsp3) is 0.750. The Morgan fingerprint density at radius 3 is 1.81 bits per heavy atom. The van der Waals surface area contributed by atoms with Gasteiger partial charge in [-0.2, -0.15) is 0 Å². The first-order valence-corrected chi connectivity index (χ1v) is 8.67. The Hall–Kier alpha value is -1.91. The summed E-state index contributed by atoms with van der Waals surface area (Å²) >= 11 is 5.62. The first-order chi connectivity index (χ1) is 12.6. The number of halogens is 1. The second-order valence-electron chi connectivity index (χ2n) is 5.63. The molecule has 0 aliphatic carbocycles. The molecule has 1 aliphatic rings. The van der Waals surface area contributed by atoms with Crippen molar-refractivity contribution < 1.29 is 47.6 Å². The highest BCUT2D eigenvalue weighted by Crippen LogP contribution is 2.29. The number of rotatable bonds is 8. The molecule has 27 heavy (non-hydrogen) atoms. The molecule has 11 heteroatoms. The quantitative estimate of drug-likeness (QED) is 0.314. The summed E-state index contributed by atoms with van der Waals surface area (Å²) in [5.41, 5.74) is 0. The van der Waals surface area contributed by atoms with E-state index in [-0.39, 0.29) is 19.1 Å². The molecule has 0 bridgehead atoms. The van der Waals surface area contributed by atoms with Crippen molar-refractivity contribution in [1.29, 1.82) is 0 Å². The molecule has 0 aromatic rings. The first-order valence-electron chi connectivity index (χ1n) is 8.13. The van der Waals surface area contributed by atoms with Crippen LogP contribution >= 0.6 is 11.6 Å². The van der Waals surface area contributed by atoms with E-state index in [0.717, 1.165) is 20.8 Å². The smallest absolute Gasteiger partial charge is 0.303 e. The van der Waals surface area contributed by atoms with Gasteiger partial charge in [0.1, 0.15) is 12.7 Å². The fourth-order valence-corrected chi connectivity index (χ4v) is 2.57. The van der Waals surface area contributed by atoms with Gasteiger partial charge in [-0.1, -0.05) is 0 Å². The Morgan fingerprint density at radius 1 is 0.815 bits per heavy atom. The molecule has 1 rings (SSSR count). The van der Waals surface area contributed by atoms with Crippen LogP contribution in [0, 0.1) is 0 Å². The summed E-state index contributed by atoms with van der Waals surface area (Å²) in [7, 11) is 0. The van der Waals surface area contributed by atoms with Crippen molar-refractivity contribution in [2.45, 2.75) is 58.4 Å². The molecule has 0 amide bonds. The highest BCUT2D eigenvalue weighted by molar-refractivity contribution is 6.17. The lowest BCUT2D eigenvalue weighted by atomic mass is 9.98. The third kappa shape index (κ3) is 7.69. The number of carbonyl (C=O) groups excluding carboxylic acids is 4. The SMILES string of the molecule is CC(=O)OCC1OC(OCCCl)C(OC(C)=O)C(OC(C)=O)C1OC(C)=O. The normalized spacial score (nSPS) is 27.4. The van der Waals surface area contributed by atoms with Crippen molar-refractivity contribution in [3.63, 3.8) is 0 Å². The highest BCUT2D eigenvalue weighted by atomic mass is 35.5. The monoisotopic (exact) mass is 410 g/mol. The van der Waals surface area contributed by atoms with E-state index < -0.39 is 54.6 Å². The van der Waals surface area contributed by atoms with Crippen LogP contribution in [0.25, 0.3) is 0 Å². The van der Waals surface area contributed by atoms with Crippen LogP contribution in [-0.2, 0) is 47.6 Å². The van der Waals surface area contributed by atoms with Gasteiger partial charge in [0.25, 0.3) is 0 Å². The zero-order valence-corrected chi connectivity index (χ0v) is 16.2. The summed E-state index contributed by atoms with van der Waals surface area (Å²) in [6.45, 7) is 4.35. The Labute approximate surface area is 161 Å². The summed E-state index contributed by atoms with van der Waals surface area (Å²) < 4.78 is 31.7. The van der Waals surface area contributed by atoms with Gasteiger partial charge in [0.15, 0.2) is 24.6 Å². The van der Waals surface area contributed by atoms with Gasteiger partial charge < -0.3 is 28.4 Å². The molecule has 10 nitrogen and oxygen atoms in total. The largest absolute Gasteiger partial charge is 0.463 e. The number of esters is 4. The summed E-state index contributed by atoms with van der Waals surface area (Å²) in [5, 5.41) is 0. The van der Waals surface area contributed by atoms with Gasteiger partial charge in [-0.05, 0) is 0 Å². The molecule has 1 saturated heterocycles. The molecule has 0 spiro atoms. The molecule has 5 unspecified atom stereocenters. The fourth-order valence-electron chi connectivity index (χ4n) is 2.48. The number of ether oxygens (including phenoxy) is 6. The van der Waals surface area contributed by atoms with Crippen LogP contribution in [0.1, 0.15) is 27.7 Å². The van der Waals surface area contributed by atoms with E-state index in [0.29, 0.717) is 0 Å². The Kier molecular flexibility index (Phi) is 9.47. The van der Waals surface area contributed by atoms with Crippen LogP contribution in [0.4, 0.5) is 0 Å². The van der Waals surface area contributed by atoms with Crippen molar-refractivity contribution in [1.82, 2.24) is 0 Å². The lowest BCUT2D eigenvalue weighted by molar-refractivity contribution is -0.307. The van der Waals surface area contributed by atoms with Crippen LogP contribution in [0.5, 0.6) is 0 Å². The Morgan fingerprint density at radius 2 is 1.33 bits per heavy atom. The number of carbonyl (C=O) groups is 4. The van der Waals surface area contributed by atoms with Gasteiger partial charge in [0, 0.05) is 33.6 Å². The molecule has 0 aromatic heterocycles. The van der Waals surface area contributed by atoms with E-state index in [9.17, 15) is 19.2 Å². The average molecular weight is 411 g/mol. The number of alkyl halides is 1. The standard InChI is InChI=1S/C16H23ClO10/c1-8(18)23-7-12-13(24-9(2)19)14(25-10(3)20)15(26-11(4)21)16(27-12)22-6-5-17/h12-16H,5-7H2,1-4H3. The van der Waals surface area contributed by atoms with E-state index >= 15 is 0 Å². The number of hydrogen-bond acceptors (Lipinski definition) is 10. The van der Waals surface area contributed by atoms with Crippen molar-refractivity contribution in [2.75, 3.05) is 19.1 Å². The zero-order valence-electron chi connectivity index (χ0n) is 15.5. The molecular weight excluding hydrogens is 388 g/mol. The summed E-state index contributed by atoms with van der Waals surface area (Å²) in [6, 6.07) is 0. The van der Waals surface area contributed by atoms with E-state index in [1.807, 2.05) is 0 Å². The maximum Gasteiger partial charge on any atom is 0.303 e. The second kappa shape index (κ2) is 11.1. The third-order valence-electron chi connectivity index (χ3n) is 3.31. The predicted molar refractivity (Wildman–Crippen MR) is 88.6 cm³/mol. The maximum absolute atomic E-state index is 11.6. The molecule has 0 N–H and O–H groups in total. The van der Waals surface area contributed by atoms with Gasteiger partial charge in [-0.15, -0.1) is 11.6 Å².